The van der Waals surface area contributed by atoms with Crippen molar-refractivity contribution in [2.45, 2.75) is 44.6 Å². The van der Waals surface area contributed by atoms with Gasteiger partial charge in [-0.1, -0.05) is 31.2 Å². The van der Waals surface area contributed by atoms with Gasteiger partial charge in [0.05, 0.1) is 11.3 Å². The largest absolute Gasteiger partial charge is 0.348 e. The summed E-state index contributed by atoms with van der Waals surface area (Å²) in [4.78, 5) is 29.0. The molecule has 0 aliphatic heterocycles. The van der Waals surface area contributed by atoms with E-state index in [4.69, 9.17) is 0 Å². The average molecular weight is 320 g/mol. The lowest BCUT2D eigenvalue weighted by atomic mass is 9.93. The Hall–Kier alpha value is -2.49. The summed E-state index contributed by atoms with van der Waals surface area (Å²) >= 11 is 0. The minimum absolute atomic E-state index is 0.0848. The van der Waals surface area contributed by atoms with Crippen molar-refractivity contribution in [3.8, 4) is 0 Å². The van der Waals surface area contributed by atoms with Crippen LogP contribution in [0, 0.1) is 0 Å². The molecule has 0 radical (unpaired) electrons. The molecule has 24 heavy (non-hydrogen) atoms. The third kappa shape index (κ3) is 2.52. The van der Waals surface area contributed by atoms with Gasteiger partial charge in [0.25, 0.3) is 5.91 Å². The molecule has 1 amide bonds. The molecule has 0 unspecified atom stereocenters. The van der Waals surface area contributed by atoms with Gasteiger partial charge in [-0.2, -0.15) is 0 Å². The van der Waals surface area contributed by atoms with E-state index in [9.17, 15) is 9.59 Å². The molecule has 4 rings (SSSR count). The first-order chi connectivity index (χ1) is 11.6. The number of fused-ring (bicyclic) bond motifs is 2. The predicted molar refractivity (Wildman–Crippen MR) is 91.3 cm³/mol. The monoisotopic (exact) mass is 320 g/mol. The molecule has 1 N–H and O–H groups in total. The summed E-state index contributed by atoms with van der Waals surface area (Å²) in [6.45, 7) is 2.14. The minimum atomic E-state index is -0.145. The van der Waals surface area contributed by atoms with Gasteiger partial charge in [-0.25, -0.2) is 0 Å². The summed E-state index contributed by atoms with van der Waals surface area (Å²) in [5, 5.41) is 3.12. The van der Waals surface area contributed by atoms with Gasteiger partial charge in [0.15, 0.2) is 5.78 Å². The highest BCUT2D eigenvalue weighted by molar-refractivity contribution is 6.01. The molecule has 4 nitrogen and oxygen atoms in total. The smallest absolute Gasteiger partial charge is 0.253 e. The number of rotatable bonds is 2. The molecular weight excluding hydrogens is 300 g/mol. The third-order valence-corrected chi connectivity index (χ3v) is 5.26. The summed E-state index contributed by atoms with van der Waals surface area (Å²) in [6.07, 6.45) is 4.66. The zero-order valence-electron chi connectivity index (χ0n) is 13.7. The van der Waals surface area contributed by atoms with Crippen LogP contribution < -0.4 is 5.32 Å². The van der Waals surface area contributed by atoms with Crippen LogP contribution in [0.5, 0.6) is 0 Å². The first-order valence-corrected chi connectivity index (χ1v) is 8.54. The number of aryl methyl sites for hydroxylation is 1. The van der Waals surface area contributed by atoms with Crippen molar-refractivity contribution in [1.82, 2.24) is 10.3 Å². The number of nitrogens with zero attached hydrogens (tertiary/aromatic N) is 1. The van der Waals surface area contributed by atoms with Crippen molar-refractivity contribution < 1.29 is 9.59 Å². The van der Waals surface area contributed by atoms with E-state index in [2.05, 4.69) is 29.4 Å². The lowest BCUT2D eigenvalue weighted by Gasteiger charge is -2.19. The summed E-state index contributed by atoms with van der Waals surface area (Å²) in [5.74, 6) is 0.241. The number of nitrogens with one attached hydrogen (secondary N) is 1. The second-order valence-corrected chi connectivity index (χ2v) is 6.77. The van der Waals surface area contributed by atoms with Crippen LogP contribution in [-0.4, -0.2) is 22.7 Å². The highest BCUT2D eigenvalue weighted by Crippen LogP contribution is 2.32. The van der Waals surface area contributed by atoms with Crippen LogP contribution in [0.15, 0.2) is 36.5 Å². The van der Waals surface area contributed by atoms with Gasteiger partial charge in [-0.3, -0.25) is 14.6 Å². The van der Waals surface area contributed by atoms with Gasteiger partial charge in [0.1, 0.15) is 0 Å². The molecule has 1 aromatic carbocycles. The van der Waals surface area contributed by atoms with Crippen molar-refractivity contribution in [2.75, 3.05) is 0 Å². The molecule has 1 heterocycles. The Labute approximate surface area is 141 Å². The Bertz CT molecular complexity index is 828. The van der Waals surface area contributed by atoms with Crippen LogP contribution in [0.4, 0.5) is 0 Å². The van der Waals surface area contributed by atoms with Gasteiger partial charge in [0.2, 0.25) is 0 Å². The van der Waals surface area contributed by atoms with E-state index in [1.54, 1.807) is 12.3 Å². The number of benzene rings is 1. The summed E-state index contributed by atoms with van der Waals surface area (Å²) in [7, 11) is 0. The molecule has 1 aromatic heterocycles. The fourth-order valence-electron chi connectivity index (χ4n) is 3.83. The number of pyridine rings is 1. The van der Waals surface area contributed by atoms with E-state index in [0.29, 0.717) is 17.5 Å². The lowest BCUT2D eigenvalue weighted by Crippen LogP contribution is -2.37. The number of hydrogen-bond donors (Lipinski definition) is 1. The van der Waals surface area contributed by atoms with Crippen molar-refractivity contribution in [1.29, 1.82) is 0 Å². The van der Waals surface area contributed by atoms with Crippen molar-refractivity contribution in [3.05, 3.63) is 64.5 Å². The maximum absolute atomic E-state index is 12.6. The molecule has 2 aliphatic carbocycles. The van der Waals surface area contributed by atoms with Crippen LogP contribution in [0.3, 0.4) is 0 Å². The number of ketones is 1. The number of hydrogen-bond acceptors (Lipinski definition) is 3. The highest BCUT2D eigenvalue weighted by atomic mass is 16.1. The second kappa shape index (κ2) is 5.86. The quantitative estimate of drug-likeness (QED) is 0.925. The van der Waals surface area contributed by atoms with Crippen LogP contribution in [0.2, 0.25) is 0 Å². The molecule has 0 bridgehead atoms. The average Bonchev–Trinajstić information content (AvgIpc) is 2.91. The molecule has 0 fully saturated rings. The number of carbonyl (C=O) groups excluding carboxylic acids is 2. The zero-order valence-corrected chi connectivity index (χ0v) is 13.7. The molecule has 0 spiro atoms. The van der Waals surface area contributed by atoms with Crippen molar-refractivity contribution >= 4 is 11.7 Å². The summed E-state index contributed by atoms with van der Waals surface area (Å²) in [5.41, 5.74) is 4.53. The van der Waals surface area contributed by atoms with E-state index in [1.807, 2.05) is 12.1 Å². The van der Waals surface area contributed by atoms with Crippen LogP contribution >= 0.6 is 0 Å². The zero-order chi connectivity index (χ0) is 16.7. The maximum Gasteiger partial charge on any atom is 0.253 e. The van der Waals surface area contributed by atoms with Gasteiger partial charge < -0.3 is 5.32 Å². The van der Waals surface area contributed by atoms with Crippen LogP contribution in [-0.2, 0) is 12.8 Å². The molecule has 122 valence electrons. The Kier molecular flexibility index (Phi) is 3.68. The number of Topliss-reactive ketones (excluding diaryl/α,β-unsaturated/α-hetero) is 1. The molecule has 4 heteroatoms. The molecular formula is C20H20N2O2. The van der Waals surface area contributed by atoms with Crippen LogP contribution in [0.25, 0.3) is 0 Å². The summed E-state index contributed by atoms with van der Waals surface area (Å²) < 4.78 is 0. The maximum atomic E-state index is 12.6. The van der Waals surface area contributed by atoms with Gasteiger partial charge in [-0.15, -0.1) is 0 Å². The van der Waals surface area contributed by atoms with Gasteiger partial charge >= 0.3 is 0 Å². The van der Waals surface area contributed by atoms with E-state index in [0.717, 1.165) is 25.0 Å². The molecule has 2 atom stereocenters. The Morgan fingerprint density at radius 2 is 2.08 bits per heavy atom. The van der Waals surface area contributed by atoms with Crippen molar-refractivity contribution in [2.24, 2.45) is 0 Å². The number of carbonyl (C=O) groups is 2. The molecule has 2 aliphatic rings. The number of amides is 1. The standard InChI is InChI=1S/C20H20N2O2/c1-12-15-6-3-2-5-13(15)10-18(12)22-20(24)14-9-16-17(21-11-14)7-4-8-19(16)23/h2-3,5-6,9,11-12,18H,4,7-8,10H2,1H3,(H,22,24)/t12-,18+/m0/s1. The lowest BCUT2D eigenvalue weighted by molar-refractivity contribution is 0.0934. The fraction of sp³-hybridized carbons (Fsp3) is 0.350. The predicted octanol–water partition coefficient (Wildman–Crippen LogP) is 3.06. The van der Waals surface area contributed by atoms with E-state index >= 15 is 0 Å². The van der Waals surface area contributed by atoms with Crippen LogP contribution in [0.1, 0.15) is 63.2 Å². The summed E-state index contributed by atoms with van der Waals surface area (Å²) in [6, 6.07) is 10.1. The molecule has 0 saturated carbocycles. The molecule has 2 aromatic rings. The minimum Gasteiger partial charge on any atom is -0.348 e. The Balaban J connectivity index is 1.54. The Morgan fingerprint density at radius 1 is 1.25 bits per heavy atom. The highest BCUT2D eigenvalue weighted by Gasteiger charge is 2.30. The normalized spacial score (nSPS) is 22.0. The van der Waals surface area contributed by atoms with E-state index < -0.39 is 0 Å². The van der Waals surface area contributed by atoms with Gasteiger partial charge in [-0.05, 0) is 36.5 Å². The Morgan fingerprint density at radius 3 is 2.92 bits per heavy atom. The first-order valence-electron chi connectivity index (χ1n) is 8.54. The van der Waals surface area contributed by atoms with E-state index in [1.165, 1.54) is 11.1 Å². The van der Waals surface area contributed by atoms with E-state index in [-0.39, 0.29) is 23.7 Å². The topological polar surface area (TPSA) is 59.1 Å². The number of aromatic nitrogens is 1. The van der Waals surface area contributed by atoms with Crippen molar-refractivity contribution in [3.63, 3.8) is 0 Å². The fourth-order valence-corrected chi connectivity index (χ4v) is 3.83. The molecule has 0 saturated heterocycles. The second-order valence-electron chi connectivity index (χ2n) is 6.77. The SMILES string of the molecule is C[C@H]1c2ccccc2C[C@H]1NC(=O)c1cnc2c(c1)C(=O)CCC2. The van der Waals surface area contributed by atoms with Gasteiger partial charge in [0, 0.05) is 30.1 Å². The third-order valence-electron chi connectivity index (χ3n) is 5.26. The first kappa shape index (κ1) is 15.1.